The van der Waals surface area contributed by atoms with Gasteiger partial charge in [-0.05, 0) is 31.0 Å². The second-order valence-corrected chi connectivity index (χ2v) is 6.81. The predicted molar refractivity (Wildman–Crippen MR) is 99.8 cm³/mol. The van der Waals surface area contributed by atoms with E-state index in [4.69, 9.17) is 4.74 Å². The van der Waals surface area contributed by atoms with E-state index in [1.807, 2.05) is 40.1 Å². The lowest BCUT2D eigenvalue weighted by atomic mass is 9.99. The van der Waals surface area contributed by atoms with Crippen molar-refractivity contribution >= 4 is 0 Å². The van der Waals surface area contributed by atoms with Gasteiger partial charge < -0.3 is 10.1 Å². The average Bonchev–Trinajstić information content (AvgIpc) is 3.43. The van der Waals surface area contributed by atoms with Gasteiger partial charge in [0.15, 0.2) is 0 Å². The quantitative estimate of drug-likeness (QED) is 0.654. The highest BCUT2D eigenvalue weighted by Gasteiger charge is 2.31. The van der Waals surface area contributed by atoms with Gasteiger partial charge in [0, 0.05) is 50.7 Å². The Morgan fingerprint density at radius 2 is 2.26 bits per heavy atom. The summed E-state index contributed by atoms with van der Waals surface area (Å²) in [6.07, 6.45) is 8.62. The molecule has 27 heavy (non-hydrogen) atoms. The molecular formula is C19H25N7O. The molecule has 0 spiro atoms. The molecular weight excluding hydrogens is 342 g/mol. The van der Waals surface area contributed by atoms with Crippen LogP contribution >= 0.6 is 0 Å². The first-order chi connectivity index (χ1) is 13.3. The minimum Gasteiger partial charge on any atom is -0.372 e. The zero-order valence-corrected chi connectivity index (χ0v) is 15.5. The van der Waals surface area contributed by atoms with Gasteiger partial charge in [-0.3, -0.25) is 9.67 Å². The Balaban J connectivity index is 1.29. The second kappa shape index (κ2) is 8.41. The van der Waals surface area contributed by atoms with Crippen LogP contribution in [0.4, 0.5) is 0 Å². The lowest BCUT2D eigenvalue weighted by Crippen LogP contribution is -2.26. The van der Waals surface area contributed by atoms with E-state index in [2.05, 4.69) is 38.7 Å². The van der Waals surface area contributed by atoms with Gasteiger partial charge in [0.2, 0.25) is 0 Å². The van der Waals surface area contributed by atoms with Crippen molar-refractivity contribution < 1.29 is 4.74 Å². The van der Waals surface area contributed by atoms with Crippen LogP contribution in [0.15, 0.2) is 43.0 Å². The van der Waals surface area contributed by atoms with Crippen molar-refractivity contribution in [1.29, 1.82) is 0 Å². The summed E-state index contributed by atoms with van der Waals surface area (Å²) >= 11 is 0. The minimum absolute atomic E-state index is 0.112. The topological polar surface area (TPSA) is 82.7 Å². The van der Waals surface area contributed by atoms with E-state index >= 15 is 0 Å². The molecule has 1 aliphatic heterocycles. The maximum Gasteiger partial charge on any atom is 0.103 e. The highest BCUT2D eigenvalue weighted by molar-refractivity contribution is 5.10. The molecule has 1 fully saturated rings. The normalized spacial score (nSPS) is 19.6. The van der Waals surface area contributed by atoms with Crippen LogP contribution in [0.3, 0.4) is 0 Å². The highest BCUT2D eigenvalue weighted by atomic mass is 16.5. The van der Waals surface area contributed by atoms with E-state index in [1.54, 1.807) is 6.20 Å². The molecule has 3 aromatic heterocycles. The van der Waals surface area contributed by atoms with Gasteiger partial charge in [-0.2, -0.15) is 5.10 Å². The summed E-state index contributed by atoms with van der Waals surface area (Å²) in [7, 11) is 0. The Morgan fingerprint density at radius 1 is 1.30 bits per heavy atom. The third kappa shape index (κ3) is 4.23. The maximum absolute atomic E-state index is 5.99. The summed E-state index contributed by atoms with van der Waals surface area (Å²) in [5, 5.41) is 16.3. The third-order valence-corrected chi connectivity index (χ3v) is 4.92. The van der Waals surface area contributed by atoms with E-state index in [-0.39, 0.29) is 6.10 Å². The number of nitrogens with one attached hydrogen (secondary N) is 1. The molecule has 0 aliphatic carbocycles. The number of hydrogen-bond donors (Lipinski definition) is 1. The van der Waals surface area contributed by atoms with Gasteiger partial charge >= 0.3 is 0 Å². The molecule has 0 bridgehead atoms. The van der Waals surface area contributed by atoms with Gasteiger partial charge in [0.05, 0.1) is 24.1 Å². The fraction of sp³-hybridized carbons (Fsp3) is 0.474. The smallest absolute Gasteiger partial charge is 0.103 e. The number of nitrogens with zero attached hydrogens (tertiary/aromatic N) is 6. The first-order valence-electron chi connectivity index (χ1n) is 9.45. The van der Waals surface area contributed by atoms with Crippen molar-refractivity contribution in [3.05, 3.63) is 59.9 Å². The summed E-state index contributed by atoms with van der Waals surface area (Å²) in [5.74, 6) is 0.442. The van der Waals surface area contributed by atoms with E-state index < -0.39 is 0 Å². The van der Waals surface area contributed by atoms with Gasteiger partial charge in [0.1, 0.15) is 6.10 Å². The van der Waals surface area contributed by atoms with E-state index in [0.29, 0.717) is 19.0 Å². The lowest BCUT2D eigenvalue weighted by molar-refractivity contribution is 0.0829. The molecule has 0 unspecified atom stereocenters. The molecule has 4 heterocycles. The van der Waals surface area contributed by atoms with Crippen molar-refractivity contribution in [2.45, 2.75) is 39.1 Å². The standard InChI is InChI=1S/C19H25N7O/c1-2-26-18(5-8-22-26)19-16(6-9-27-19)11-21-12-17-14-25(24-23-17)13-15-4-3-7-20-10-15/h3-5,7-8,10,14,16,19,21H,2,6,9,11-13H2,1H3/t16-,19+/m0/s1. The van der Waals surface area contributed by atoms with Gasteiger partial charge in [-0.25, -0.2) is 4.68 Å². The lowest BCUT2D eigenvalue weighted by Gasteiger charge is -2.19. The van der Waals surface area contributed by atoms with Crippen LogP contribution in [0.25, 0.3) is 0 Å². The Labute approximate surface area is 158 Å². The van der Waals surface area contributed by atoms with Crippen LogP contribution in [0.2, 0.25) is 0 Å². The molecule has 0 aromatic carbocycles. The van der Waals surface area contributed by atoms with Crippen LogP contribution in [0.1, 0.15) is 36.4 Å². The van der Waals surface area contributed by atoms with Gasteiger partial charge in [0.25, 0.3) is 0 Å². The molecule has 0 radical (unpaired) electrons. The molecule has 8 heteroatoms. The number of aryl methyl sites for hydroxylation is 1. The molecule has 2 atom stereocenters. The number of hydrogen-bond acceptors (Lipinski definition) is 6. The van der Waals surface area contributed by atoms with Crippen molar-refractivity contribution in [1.82, 2.24) is 35.1 Å². The third-order valence-electron chi connectivity index (χ3n) is 4.92. The summed E-state index contributed by atoms with van der Waals surface area (Å²) in [5.41, 5.74) is 3.22. The Morgan fingerprint density at radius 3 is 3.11 bits per heavy atom. The number of rotatable bonds is 8. The molecule has 0 amide bonds. The molecule has 1 N–H and O–H groups in total. The summed E-state index contributed by atoms with van der Waals surface area (Å²) < 4.78 is 9.85. The summed E-state index contributed by atoms with van der Waals surface area (Å²) in [4.78, 5) is 4.13. The molecule has 4 rings (SSSR count). The van der Waals surface area contributed by atoms with E-state index in [1.165, 1.54) is 5.69 Å². The first kappa shape index (κ1) is 17.8. The molecule has 8 nitrogen and oxygen atoms in total. The molecule has 1 saturated heterocycles. The van der Waals surface area contributed by atoms with Crippen LogP contribution in [-0.2, 0) is 24.4 Å². The van der Waals surface area contributed by atoms with E-state index in [0.717, 1.165) is 37.4 Å². The molecule has 142 valence electrons. The van der Waals surface area contributed by atoms with Crippen LogP contribution in [0, 0.1) is 5.92 Å². The zero-order valence-electron chi connectivity index (χ0n) is 15.5. The summed E-state index contributed by atoms with van der Waals surface area (Å²) in [6.45, 7) is 6.03. The fourth-order valence-corrected chi connectivity index (χ4v) is 3.58. The summed E-state index contributed by atoms with van der Waals surface area (Å²) in [6, 6.07) is 6.03. The second-order valence-electron chi connectivity index (χ2n) is 6.81. The number of ether oxygens (including phenoxy) is 1. The van der Waals surface area contributed by atoms with Crippen LogP contribution < -0.4 is 5.32 Å². The molecule has 1 aliphatic rings. The Kier molecular flexibility index (Phi) is 5.55. The van der Waals surface area contributed by atoms with Crippen molar-refractivity contribution in [2.75, 3.05) is 13.2 Å². The Bertz CT molecular complexity index is 845. The average molecular weight is 367 g/mol. The number of aromatic nitrogens is 6. The van der Waals surface area contributed by atoms with Crippen LogP contribution in [0.5, 0.6) is 0 Å². The van der Waals surface area contributed by atoms with Gasteiger partial charge in [-0.15, -0.1) is 5.10 Å². The molecule has 3 aromatic rings. The zero-order chi connectivity index (χ0) is 18.5. The number of pyridine rings is 1. The minimum atomic E-state index is 0.112. The fourth-order valence-electron chi connectivity index (χ4n) is 3.58. The molecule has 0 saturated carbocycles. The monoisotopic (exact) mass is 367 g/mol. The highest BCUT2D eigenvalue weighted by Crippen LogP contribution is 2.33. The maximum atomic E-state index is 5.99. The van der Waals surface area contributed by atoms with E-state index in [9.17, 15) is 0 Å². The first-order valence-corrected chi connectivity index (χ1v) is 9.45. The largest absolute Gasteiger partial charge is 0.372 e. The predicted octanol–water partition coefficient (Wildman–Crippen LogP) is 1.81. The van der Waals surface area contributed by atoms with Crippen molar-refractivity contribution in [2.24, 2.45) is 5.92 Å². The Hall–Kier alpha value is -2.58. The van der Waals surface area contributed by atoms with Crippen molar-refractivity contribution in [3.63, 3.8) is 0 Å². The van der Waals surface area contributed by atoms with Crippen LogP contribution in [-0.4, -0.2) is 42.9 Å². The van der Waals surface area contributed by atoms with Gasteiger partial charge in [-0.1, -0.05) is 11.3 Å². The van der Waals surface area contributed by atoms with Crippen molar-refractivity contribution in [3.8, 4) is 0 Å². The SMILES string of the molecule is CCn1nccc1[C@@H]1OCC[C@H]1CNCc1cn(Cc2cccnc2)nn1.